The second-order valence-corrected chi connectivity index (χ2v) is 6.65. The number of nitrogens with zero attached hydrogens (tertiary/aromatic N) is 3. The summed E-state index contributed by atoms with van der Waals surface area (Å²) >= 11 is 0. The van der Waals surface area contributed by atoms with Crippen LogP contribution in [0.1, 0.15) is 5.56 Å². The predicted molar refractivity (Wildman–Crippen MR) is 97.0 cm³/mol. The SMILES string of the molecule is Nc1nc2c(c(=O)[nH]1)N(Cc1ccccc1)CN2[C@@H]1O[C@H](CO)[C@@H](O)[C@H]1O. The van der Waals surface area contributed by atoms with Crippen LogP contribution in [-0.2, 0) is 11.3 Å². The number of nitrogen functional groups attached to an aromatic ring is 1. The first-order valence-corrected chi connectivity index (χ1v) is 8.57. The molecule has 0 unspecified atom stereocenters. The van der Waals surface area contributed by atoms with Gasteiger partial charge in [-0.1, -0.05) is 30.3 Å². The summed E-state index contributed by atoms with van der Waals surface area (Å²) in [5, 5.41) is 29.8. The molecule has 0 radical (unpaired) electrons. The summed E-state index contributed by atoms with van der Waals surface area (Å²) in [6, 6.07) is 9.59. The number of ether oxygens (including phenoxy) is 1. The molecule has 6 N–H and O–H groups in total. The Hall–Kier alpha value is -2.66. The molecule has 2 aromatic rings. The minimum atomic E-state index is -1.27. The first-order chi connectivity index (χ1) is 13.0. The number of aromatic amines is 1. The van der Waals surface area contributed by atoms with Crippen LogP contribution in [-0.4, -0.2) is 63.1 Å². The Kier molecular flexibility index (Phi) is 4.48. The Morgan fingerprint density at radius 2 is 2.00 bits per heavy atom. The highest BCUT2D eigenvalue weighted by Gasteiger charge is 2.48. The van der Waals surface area contributed by atoms with Gasteiger partial charge in [0.2, 0.25) is 5.95 Å². The molecule has 1 aromatic heterocycles. The summed E-state index contributed by atoms with van der Waals surface area (Å²) in [5.41, 5.74) is 6.60. The van der Waals surface area contributed by atoms with E-state index in [0.29, 0.717) is 12.2 Å². The molecule has 0 spiro atoms. The van der Waals surface area contributed by atoms with E-state index < -0.39 is 36.7 Å². The fourth-order valence-corrected chi connectivity index (χ4v) is 3.55. The molecule has 0 bridgehead atoms. The molecular formula is C17H21N5O5. The Morgan fingerprint density at radius 3 is 2.67 bits per heavy atom. The molecule has 2 aliphatic rings. The number of rotatable bonds is 4. The number of aliphatic hydroxyl groups is 3. The molecule has 1 aromatic carbocycles. The van der Waals surface area contributed by atoms with E-state index >= 15 is 0 Å². The van der Waals surface area contributed by atoms with Gasteiger partial charge in [0.05, 0.1) is 13.3 Å². The molecule has 4 atom stereocenters. The van der Waals surface area contributed by atoms with E-state index in [2.05, 4.69) is 9.97 Å². The highest BCUT2D eigenvalue weighted by Crippen LogP contribution is 2.37. The monoisotopic (exact) mass is 375 g/mol. The van der Waals surface area contributed by atoms with Gasteiger partial charge >= 0.3 is 0 Å². The van der Waals surface area contributed by atoms with E-state index in [0.717, 1.165) is 5.56 Å². The maximum absolute atomic E-state index is 12.5. The third-order valence-corrected chi connectivity index (χ3v) is 4.85. The maximum Gasteiger partial charge on any atom is 0.278 e. The molecule has 2 aliphatic heterocycles. The molecular weight excluding hydrogens is 354 g/mol. The Bertz CT molecular complexity index is 876. The quantitative estimate of drug-likeness (QED) is 0.434. The van der Waals surface area contributed by atoms with Gasteiger partial charge in [0.1, 0.15) is 24.0 Å². The topological polar surface area (TPSA) is 148 Å². The Balaban J connectivity index is 1.70. The molecule has 10 heteroatoms. The number of anilines is 3. The van der Waals surface area contributed by atoms with E-state index in [1.807, 2.05) is 30.3 Å². The number of nitrogens with one attached hydrogen (secondary N) is 1. The molecule has 0 amide bonds. The number of hydrogen-bond acceptors (Lipinski definition) is 9. The molecule has 144 valence electrons. The smallest absolute Gasteiger partial charge is 0.278 e. The zero-order chi connectivity index (χ0) is 19.1. The predicted octanol–water partition coefficient (Wildman–Crippen LogP) is -1.42. The van der Waals surface area contributed by atoms with Crippen molar-refractivity contribution in [2.45, 2.75) is 31.1 Å². The summed E-state index contributed by atoms with van der Waals surface area (Å²) in [6.45, 7) is 0.207. The van der Waals surface area contributed by atoms with Crippen LogP contribution in [0.5, 0.6) is 0 Å². The van der Waals surface area contributed by atoms with Gasteiger partial charge in [0, 0.05) is 6.54 Å². The normalized spacial score (nSPS) is 27.2. The van der Waals surface area contributed by atoms with Gasteiger partial charge in [-0.15, -0.1) is 0 Å². The third kappa shape index (κ3) is 3.02. The molecule has 1 fully saturated rings. The van der Waals surface area contributed by atoms with Crippen molar-refractivity contribution in [3.05, 3.63) is 46.2 Å². The molecule has 1 saturated heterocycles. The Morgan fingerprint density at radius 1 is 1.26 bits per heavy atom. The van der Waals surface area contributed by atoms with Gasteiger partial charge in [-0.3, -0.25) is 9.78 Å². The number of H-pyrrole nitrogens is 1. The summed E-state index contributed by atoms with van der Waals surface area (Å²) in [7, 11) is 0. The van der Waals surface area contributed by atoms with Crippen molar-refractivity contribution in [1.82, 2.24) is 9.97 Å². The van der Waals surface area contributed by atoms with Crippen LogP contribution in [0.4, 0.5) is 17.5 Å². The average molecular weight is 375 g/mol. The van der Waals surface area contributed by atoms with Crippen molar-refractivity contribution in [1.29, 1.82) is 0 Å². The second-order valence-electron chi connectivity index (χ2n) is 6.65. The number of hydrogen-bond donors (Lipinski definition) is 5. The van der Waals surface area contributed by atoms with E-state index in [1.54, 1.807) is 9.80 Å². The van der Waals surface area contributed by atoms with Crippen molar-refractivity contribution in [3.8, 4) is 0 Å². The van der Waals surface area contributed by atoms with Crippen molar-refractivity contribution >= 4 is 17.5 Å². The maximum atomic E-state index is 12.5. The van der Waals surface area contributed by atoms with Gasteiger partial charge in [0.25, 0.3) is 5.56 Å². The third-order valence-electron chi connectivity index (χ3n) is 4.85. The van der Waals surface area contributed by atoms with Crippen molar-refractivity contribution < 1.29 is 20.1 Å². The van der Waals surface area contributed by atoms with Gasteiger partial charge in [0.15, 0.2) is 12.0 Å². The van der Waals surface area contributed by atoms with Gasteiger partial charge < -0.3 is 35.6 Å². The lowest BCUT2D eigenvalue weighted by atomic mass is 10.1. The number of benzene rings is 1. The highest BCUT2D eigenvalue weighted by molar-refractivity contribution is 5.73. The minimum absolute atomic E-state index is 0.0583. The summed E-state index contributed by atoms with van der Waals surface area (Å²) in [4.78, 5) is 22.6. The molecule has 10 nitrogen and oxygen atoms in total. The standard InChI is InChI=1S/C17H21N5O5/c18-17-19-14-11(15(26)20-17)21(6-9-4-2-1-3-5-9)8-22(14)16-13(25)12(24)10(7-23)27-16/h1-5,10,12-13,16,23-25H,6-8H2,(H3,18,19,20,26)/t10-,12-,13-,16-/m1/s1. The summed E-state index contributed by atoms with van der Waals surface area (Å²) in [5.74, 6) is 0.207. The minimum Gasteiger partial charge on any atom is -0.394 e. The van der Waals surface area contributed by atoms with Crippen molar-refractivity contribution in [3.63, 3.8) is 0 Å². The summed E-state index contributed by atoms with van der Waals surface area (Å²) < 4.78 is 5.61. The molecule has 3 heterocycles. The van der Waals surface area contributed by atoms with Crippen LogP contribution in [0.25, 0.3) is 0 Å². The Labute approximate surface area is 154 Å². The van der Waals surface area contributed by atoms with E-state index in [1.165, 1.54) is 0 Å². The van der Waals surface area contributed by atoms with Gasteiger partial charge in [-0.2, -0.15) is 4.98 Å². The fraction of sp³-hybridized carbons (Fsp3) is 0.412. The van der Waals surface area contributed by atoms with E-state index in [-0.39, 0.29) is 18.4 Å². The number of nitrogens with two attached hydrogens (primary N) is 1. The second kappa shape index (κ2) is 6.82. The average Bonchev–Trinajstić information content (AvgIpc) is 3.14. The number of aliphatic hydroxyl groups excluding tert-OH is 3. The molecule has 0 saturated carbocycles. The highest BCUT2D eigenvalue weighted by atomic mass is 16.6. The van der Waals surface area contributed by atoms with Crippen LogP contribution in [0.3, 0.4) is 0 Å². The lowest BCUT2D eigenvalue weighted by molar-refractivity contribution is -0.0222. The van der Waals surface area contributed by atoms with Crippen molar-refractivity contribution in [2.24, 2.45) is 0 Å². The number of aromatic nitrogens is 2. The summed E-state index contributed by atoms with van der Waals surface area (Å²) in [6.07, 6.45) is -4.40. The largest absolute Gasteiger partial charge is 0.394 e. The van der Waals surface area contributed by atoms with Crippen LogP contribution in [0.2, 0.25) is 0 Å². The molecule has 0 aliphatic carbocycles. The van der Waals surface area contributed by atoms with Gasteiger partial charge in [-0.25, -0.2) is 0 Å². The van der Waals surface area contributed by atoms with E-state index in [4.69, 9.17) is 10.5 Å². The van der Waals surface area contributed by atoms with Crippen LogP contribution in [0, 0.1) is 0 Å². The number of fused-ring (bicyclic) bond motifs is 1. The lowest BCUT2D eigenvalue weighted by Crippen LogP contribution is -2.46. The molecule has 27 heavy (non-hydrogen) atoms. The zero-order valence-electron chi connectivity index (χ0n) is 14.4. The van der Waals surface area contributed by atoms with Gasteiger partial charge in [-0.05, 0) is 5.56 Å². The van der Waals surface area contributed by atoms with Crippen LogP contribution < -0.4 is 21.1 Å². The van der Waals surface area contributed by atoms with Crippen LogP contribution >= 0.6 is 0 Å². The first kappa shape index (κ1) is 17.7. The van der Waals surface area contributed by atoms with Crippen LogP contribution in [0.15, 0.2) is 35.1 Å². The van der Waals surface area contributed by atoms with E-state index in [9.17, 15) is 20.1 Å². The molecule has 4 rings (SSSR count). The lowest BCUT2D eigenvalue weighted by Gasteiger charge is -2.28. The first-order valence-electron chi connectivity index (χ1n) is 8.57. The van der Waals surface area contributed by atoms with Crippen molar-refractivity contribution in [2.75, 3.05) is 28.8 Å². The zero-order valence-corrected chi connectivity index (χ0v) is 14.4. The fourth-order valence-electron chi connectivity index (χ4n) is 3.55.